The first-order valence-electron chi connectivity index (χ1n) is 7.19. The maximum absolute atomic E-state index is 13.9. The smallest absolute Gasteiger partial charge is 0.153 e. The van der Waals surface area contributed by atoms with Gasteiger partial charge in [-0.25, -0.2) is 8.78 Å². The van der Waals surface area contributed by atoms with Crippen molar-refractivity contribution in [1.29, 1.82) is 0 Å². The van der Waals surface area contributed by atoms with Gasteiger partial charge in [0.1, 0.15) is 17.3 Å². The van der Waals surface area contributed by atoms with E-state index in [1.807, 2.05) is 0 Å². The number of carbonyl (C=O) groups excluding carboxylic acids is 1. The Morgan fingerprint density at radius 2 is 1.95 bits per heavy atom. The Balaban J connectivity index is 2.01. The van der Waals surface area contributed by atoms with E-state index in [4.69, 9.17) is 0 Å². The predicted octanol–water partition coefficient (Wildman–Crippen LogP) is 4.15. The molecule has 0 radical (unpaired) electrons. The number of rotatable bonds is 3. The third-order valence-electron chi connectivity index (χ3n) is 4.02. The highest BCUT2D eigenvalue weighted by Crippen LogP contribution is 2.31. The van der Waals surface area contributed by atoms with Crippen molar-refractivity contribution in [3.05, 3.63) is 41.6 Å². The van der Waals surface area contributed by atoms with Gasteiger partial charge in [0.05, 0.1) is 11.6 Å². The number of benzene rings is 1. The summed E-state index contributed by atoms with van der Waals surface area (Å²) >= 11 is 0. The molecule has 21 heavy (non-hydrogen) atoms. The molecule has 0 amide bonds. The molecule has 0 aliphatic heterocycles. The fourth-order valence-corrected chi connectivity index (χ4v) is 2.92. The van der Waals surface area contributed by atoms with Crippen molar-refractivity contribution in [1.82, 2.24) is 9.78 Å². The lowest BCUT2D eigenvalue weighted by Crippen LogP contribution is -2.13. The molecule has 0 N–H and O–H groups in total. The zero-order valence-corrected chi connectivity index (χ0v) is 11.6. The lowest BCUT2D eigenvalue weighted by molar-refractivity contribution is 0.112. The minimum absolute atomic E-state index is 0.160. The summed E-state index contributed by atoms with van der Waals surface area (Å²) in [6.07, 6.45) is 7.88. The molecule has 0 unspecified atom stereocenters. The first-order valence-corrected chi connectivity index (χ1v) is 7.19. The summed E-state index contributed by atoms with van der Waals surface area (Å²) in [5, 5.41) is 4.39. The Bertz CT molecular complexity index is 660. The van der Waals surface area contributed by atoms with E-state index in [-0.39, 0.29) is 17.3 Å². The topological polar surface area (TPSA) is 34.9 Å². The minimum atomic E-state index is -0.702. The second-order valence-electron chi connectivity index (χ2n) is 5.45. The van der Waals surface area contributed by atoms with Crippen molar-refractivity contribution in [3.8, 4) is 11.3 Å². The number of halogens is 2. The summed E-state index contributed by atoms with van der Waals surface area (Å²) in [7, 11) is 0. The molecule has 5 heteroatoms. The second-order valence-corrected chi connectivity index (χ2v) is 5.45. The van der Waals surface area contributed by atoms with Gasteiger partial charge in [-0.1, -0.05) is 19.3 Å². The van der Waals surface area contributed by atoms with E-state index in [2.05, 4.69) is 5.10 Å². The molecule has 2 aromatic rings. The summed E-state index contributed by atoms with van der Waals surface area (Å²) in [5.74, 6) is -1.34. The largest absolute Gasteiger partial charge is 0.298 e. The molecule has 1 aliphatic rings. The Morgan fingerprint density at radius 1 is 1.19 bits per heavy atom. The van der Waals surface area contributed by atoms with Gasteiger partial charge in [-0.2, -0.15) is 5.10 Å². The molecule has 110 valence electrons. The number of nitrogens with zero attached hydrogens (tertiary/aromatic N) is 2. The standard InChI is InChI=1S/C16H16F2N2O/c17-12-6-7-14(15(18)8-12)16-11(10-21)9-20(19-16)13-4-2-1-3-5-13/h6-10,13H,1-5H2. The van der Waals surface area contributed by atoms with Crippen LogP contribution in [0.4, 0.5) is 8.78 Å². The molecule has 1 aliphatic carbocycles. The molecular formula is C16H16F2N2O. The molecule has 0 bridgehead atoms. The molecule has 1 saturated carbocycles. The zero-order chi connectivity index (χ0) is 14.8. The SMILES string of the molecule is O=Cc1cn(C2CCCCC2)nc1-c1ccc(F)cc1F. The van der Waals surface area contributed by atoms with E-state index >= 15 is 0 Å². The van der Waals surface area contributed by atoms with Crippen LogP contribution in [0.5, 0.6) is 0 Å². The van der Waals surface area contributed by atoms with Crippen LogP contribution in [-0.4, -0.2) is 16.1 Å². The van der Waals surface area contributed by atoms with E-state index in [0.29, 0.717) is 11.8 Å². The monoisotopic (exact) mass is 290 g/mol. The molecular weight excluding hydrogens is 274 g/mol. The number of hydrogen-bond donors (Lipinski definition) is 0. The van der Waals surface area contributed by atoms with Crippen LogP contribution in [0, 0.1) is 11.6 Å². The summed E-state index contributed by atoms with van der Waals surface area (Å²) in [6.45, 7) is 0. The molecule has 0 saturated heterocycles. The fraction of sp³-hybridized carbons (Fsp3) is 0.375. The molecule has 1 aromatic carbocycles. The zero-order valence-electron chi connectivity index (χ0n) is 11.6. The first-order chi connectivity index (χ1) is 10.2. The number of aldehydes is 1. The number of hydrogen-bond acceptors (Lipinski definition) is 2. The van der Waals surface area contributed by atoms with Crippen LogP contribution < -0.4 is 0 Å². The Kier molecular flexibility index (Phi) is 3.82. The first kappa shape index (κ1) is 13.9. The average Bonchev–Trinajstić information content (AvgIpc) is 2.92. The molecule has 1 fully saturated rings. The van der Waals surface area contributed by atoms with Gasteiger partial charge in [-0.05, 0) is 25.0 Å². The van der Waals surface area contributed by atoms with Crippen LogP contribution in [-0.2, 0) is 0 Å². The highest BCUT2D eigenvalue weighted by molar-refractivity contribution is 5.85. The van der Waals surface area contributed by atoms with Gasteiger partial charge in [-0.3, -0.25) is 9.48 Å². The van der Waals surface area contributed by atoms with Gasteiger partial charge in [0.2, 0.25) is 0 Å². The van der Waals surface area contributed by atoms with E-state index in [1.165, 1.54) is 18.6 Å². The number of aromatic nitrogens is 2. The Morgan fingerprint density at radius 3 is 2.62 bits per heavy atom. The summed E-state index contributed by atoms with van der Waals surface area (Å²) in [4.78, 5) is 11.2. The van der Waals surface area contributed by atoms with E-state index in [9.17, 15) is 13.6 Å². The van der Waals surface area contributed by atoms with Crippen LogP contribution in [0.2, 0.25) is 0 Å². The summed E-state index contributed by atoms with van der Waals surface area (Å²) in [5.41, 5.74) is 0.784. The lowest BCUT2D eigenvalue weighted by atomic mass is 9.96. The van der Waals surface area contributed by atoms with Crippen molar-refractivity contribution >= 4 is 6.29 Å². The molecule has 0 atom stereocenters. The van der Waals surface area contributed by atoms with E-state index in [0.717, 1.165) is 31.7 Å². The normalized spacial score (nSPS) is 16.1. The van der Waals surface area contributed by atoms with Gasteiger partial charge in [0, 0.05) is 17.8 Å². The van der Waals surface area contributed by atoms with Crippen molar-refractivity contribution in [3.63, 3.8) is 0 Å². The highest BCUT2D eigenvalue weighted by Gasteiger charge is 2.20. The maximum Gasteiger partial charge on any atom is 0.153 e. The lowest BCUT2D eigenvalue weighted by Gasteiger charge is -2.21. The minimum Gasteiger partial charge on any atom is -0.298 e. The van der Waals surface area contributed by atoms with Crippen molar-refractivity contribution in [2.45, 2.75) is 38.1 Å². The van der Waals surface area contributed by atoms with Crippen molar-refractivity contribution < 1.29 is 13.6 Å². The highest BCUT2D eigenvalue weighted by atomic mass is 19.1. The molecule has 1 aromatic heterocycles. The Labute approximate surface area is 121 Å². The van der Waals surface area contributed by atoms with E-state index < -0.39 is 11.6 Å². The van der Waals surface area contributed by atoms with Crippen molar-refractivity contribution in [2.75, 3.05) is 0 Å². The summed E-state index contributed by atoms with van der Waals surface area (Å²) < 4.78 is 28.7. The molecule has 3 nitrogen and oxygen atoms in total. The van der Waals surface area contributed by atoms with Gasteiger partial charge >= 0.3 is 0 Å². The maximum atomic E-state index is 13.9. The second kappa shape index (κ2) is 5.76. The van der Waals surface area contributed by atoms with Gasteiger partial charge in [-0.15, -0.1) is 0 Å². The third-order valence-corrected chi connectivity index (χ3v) is 4.02. The quantitative estimate of drug-likeness (QED) is 0.796. The van der Waals surface area contributed by atoms with Crippen molar-refractivity contribution in [2.24, 2.45) is 0 Å². The van der Waals surface area contributed by atoms with Gasteiger partial charge in [0.15, 0.2) is 6.29 Å². The van der Waals surface area contributed by atoms with Crippen LogP contribution in [0.3, 0.4) is 0 Å². The average molecular weight is 290 g/mol. The Hall–Kier alpha value is -2.04. The molecule has 0 spiro atoms. The number of carbonyl (C=O) groups is 1. The van der Waals surface area contributed by atoms with Crippen LogP contribution >= 0.6 is 0 Å². The molecule has 3 rings (SSSR count). The third kappa shape index (κ3) is 2.73. The predicted molar refractivity (Wildman–Crippen MR) is 75.1 cm³/mol. The van der Waals surface area contributed by atoms with Crippen LogP contribution in [0.1, 0.15) is 48.5 Å². The van der Waals surface area contributed by atoms with Gasteiger partial charge < -0.3 is 0 Å². The molecule has 1 heterocycles. The summed E-state index contributed by atoms with van der Waals surface area (Å²) in [6, 6.07) is 3.57. The van der Waals surface area contributed by atoms with Crippen LogP contribution in [0.25, 0.3) is 11.3 Å². The van der Waals surface area contributed by atoms with Gasteiger partial charge in [0.25, 0.3) is 0 Å². The van der Waals surface area contributed by atoms with Crippen LogP contribution in [0.15, 0.2) is 24.4 Å². The fourth-order valence-electron chi connectivity index (χ4n) is 2.92. The van der Waals surface area contributed by atoms with E-state index in [1.54, 1.807) is 10.9 Å².